The molecule has 0 spiro atoms. The summed E-state index contributed by atoms with van der Waals surface area (Å²) < 4.78 is 1.70. The molecule has 0 aromatic carbocycles. The van der Waals surface area contributed by atoms with Gasteiger partial charge in [0.2, 0.25) is 5.91 Å². The van der Waals surface area contributed by atoms with Crippen molar-refractivity contribution in [3.8, 4) is 10.6 Å². The van der Waals surface area contributed by atoms with Gasteiger partial charge in [0.15, 0.2) is 5.13 Å². The maximum Gasteiger partial charge on any atom is 0.252 e. The van der Waals surface area contributed by atoms with Crippen LogP contribution in [0.25, 0.3) is 16.3 Å². The number of amides is 1. The first kappa shape index (κ1) is 17.7. The van der Waals surface area contributed by atoms with E-state index < -0.39 is 0 Å². The number of anilines is 1. The van der Waals surface area contributed by atoms with Crippen LogP contribution in [0.15, 0.2) is 23.8 Å². The average Bonchev–Trinajstić information content (AvgIpc) is 3.35. The van der Waals surface area contributed by atoms with Crippen LogP contribution < -0.4 is 5.32 Å². The van der Waals surface area contributed by atoms with Crippen molar-refractivity contribution >= 4 is 39.5 Å². The predicted molar refractivity (Wildman–Crippen MR) is 107 cm³/mol. The number of carbonyl (C=O) groups is 1. The molecule has 0 atom stereocenters. The summed E-state index contributed by atoms with van der Waals surface area (Å²) in [4.78, 5) is 27.8. The normalized spacial score (nSPS) is 11.2. The molecule has 4 rings (SSSR count). The number of thiophene rings is 1. The smallest absolute Gasteiger partial charge is 0.252 e. The van der Waals surface area contributed by atoms with E-state index in [9.17, 15) is 4.79 Å². The van der Waals surface area contributed by atoms with E-state index in [1.54, 1.807) is 15.9 Å². The number of carbonyl (C=O) groups excluding carboxylic acids is 1. The van der Waals surface area contributed by atoms with Gasteiger partial charge < -0.3 is 5.32 Å². The first-order valence-electron chi connectivity index (χ1n) is 8.49. The van der Waals surface area contributed by atoms with E-state index in [0.717, 1.165) is 27.5 Å². The highest BCUT2D eigenvalue weighted by atomic mass is 32.1. The third-order valence-electron chi connectivity index (χ3n) is 4.33. The van der Waals surface area contributed by atoms with Crippen LogP contribution in [-0.4, -0.2) is 30.5 Å². The summed E-state index contributed by atoms with van der Waals surface area (Å²) in [5, 5.41) is 9.68. The molecule has 7 nitrogen and oxygen atoms in total. The number of hydrogen-bond acceptors (Lipinski definition) is 7. The second-order valence-electron chi connectivity index (χ2n) is 6.23. The molecule has 4 aromatic rings. The van der Waals surface area contributed by atoms with Gasteiger partial charge in [0.05, 0.1) is 10.6 Å². The summed E-state index contributed by atoms with van der Waals surface area (Å²) in [6, 6.07) is 4.13. The molecule has 138 valence electrons. The van der Waals surface area contributed by atoms with Crippen molar-refractivity contribution in [2.75, 3.05) is 5.32 Å². The van der Waals surface area contributed by atoms with E-state index in [4.69, 9.17) is 0 Å². The molecule has 0 aliphatic heterocycles. The zero-order valence-corrected chi connectivity index (χ0v) is 16.8. The zero-order valence-electron chi connectivity index (χ0n) is 15.2. The number of thiazole rings is 1. The maximum absolute atomic E-state index is 12.4. The van der Waals surface area contributed by atoms with Crippen LogP contribution in [-0.2, 0) is 11.2 Å². The van der Waals surface area contributed by atoms with Gasteiger partial charge in [-0.3, -0.25) is 4.79 Å². The molecular formula is C18H18N6OS2. The van der Waals surface area contributed by atoms with Gasteiger partial charge >= 0.3 is 0 Å². The van der Waals surface area contributed by atoms with Gasteiger partial charge in [0, 0.05) is 28.1 Å². The number of fused-ring (bicyclic) bond motifs is 1. The van der Waals surface area contributed by atoms with Crippen molar-refractivity contribution in [2.24, 2.45) is 0 Å². The Balaban J connectivity index is 1.42. The van der Waals surface area contributed by atoms with Crippen molar-refractivity contribution in [3.63, 3.8) is 0 Å². The highest BCUT2D eigenvalue weighted by Crippen LogP contribution is 2.30. The summed E-state index contributed by atoms with van der Waals surface area (Å²) in [5.74, 6) is 0.521. The Morgan fingerprint density at radius 3 is 2.85 bits per heavy atom. The quantitative estimate of drug-likeness (QED) is 0.553. The minimum Gasteiger partial charge on any atom is -0.302 e. The highest BCUT2D eigenvalue weighted by molar-refractivity contribution is 7.17. The van der Waals surface area contributed by atoms with Gasteiger partial charge in [0.25, 0.3) is 5.78 Å². The molecule has 1 amide bonds. The number of rotatable bonds is 5. The Hall–Kier alpha value is -2.65. The van der Waals surface area contributed by atoms with Crippen LogP contribution in [0.2, 0.25) is 0 Å². The van der Waals surface area contributed by atoms with Crippen LogP contribution in [0.3, 0.4) is 0 Å². The van der Waals surface area contributed by atoms with Crippen LogP contribution >= 0.6 is 22.7 Å². The van der Waals surface area contributed by atoms with E-state index in [-0.39, 0.29) is 5.91 Å². The van der Waals surface area contributed by atoms with Crippen molar-refractivity contribution in [1.82, 2.24) is 24.6 Å². The van der Waals surface area contributed by atoms with Gasteiger partial charge in [-0.05, 0) is 44.9 Å². The molecule has 0 unspecified atom stereocenters. The fourth-order valence-electron chi connectivity index (χ4n) is 2.95. The monoisotopic (exact) mass is 398 g/mol. The molecule has 0 aliphatic carbocycles. The first-order chi connectivity index (χ1) is 13.0. The molecule has 4 heterocycles. The minimum absolute atomic E-state index is 0.0595. The van der Waals surface area contributed by atoms with E-state index in [1.165, 1.54) is 22.5 Å². The van der Waals surface area contributed by atoms with Crippen LogP contribution in [0.4, 0.5) is 5.13 Å². The Morgan fingerprint density at radius 1 is 1.22 bits per heavy atom. The molecule has 4 aromatic heterocycles. The van der Waals surface area contributed by atoms with Gasteiger partial charge in [-0.2, -0.15) is 10.1 Å². The zero-order chi connectivity index (χ0) is 19.0. The van der Waals surface area contributed by atoms with E-state index >= 15 is 0 Å². The SMILES string of the molecule is Cc1ccc(-c2csc(NC(=O)CCc3c(C)nc4ncnn4c3C)n2)s1. The van der Waals surface area contributed by atoms with E-state index in [0.29, 0.717) is 23.8 Å². The number of nitrogens with zero attached hydrogens (tertiary/aromatic N) is 5. The number of nitrogens with one attached hydrogen (secondary N) is 1. The second kappa shape index (κ2) is 7.16. The summed E-state index contributed by atoms with van der Waals surface area (Å²) in [5.41, 5.74) is 3.77. The van der Waals surface area contributed by atoms with E-state index in [2.05, 4.69) is 44.4 Å². The number of aromatic nitrogens is 5. The molecule has 0 radical (unpaired) electrons. The van der Waals surface area contributed by atoms with Gasteiger partial charge in [-0.25, -0.2) is 14.5 Å². The molecule has 27 heavy (non-hydrogen) atoms. The van der Waals surface area contributed by atoms with Crippen molar-refractivity contribution in [2.45, 2.75) is 33.6 Å². The van der Waals surface area contributed by atoms with Crippen LogP contribution in [0, 0.1) is 20.8 Å². The van der Waals surface area contributed by atoms with Gasteiger partial charge in [-0.15, -0.1) is 22.7 Å². The molecular weight excluding hydrogens is 380 g/mol. The van der Waals surface area contributed by atoms with E-state index in [1.807, 2.05) is 19.2 Å². The summed E-state index contributed by atoms with van der Waals surface area (Å²) in [7, 11) is 0. The lowest BCUT2D eigenvalue weighted by Gasteiger charge is -2.10. The third kappa shape index (κ3) is 3.60. The van der Waals surface area contributed by atoms with Gasteiger partial charge in [0.1, 0.15) is 6.33 Å². The second-order valence-corrected chi connectivity index (χ2v) is 8.38. The van der Waals surface area contributed by atoms with Crippen LogP contribution in [0.1, 0.15) is 28.2 Å². The lowest BCUT2D eigenvalue weighted by Crippen LogP contribution is -2.14. The minimum atomic E-state index is -0.0595. The Labute approximate surface area is 164 Å². The molecule has 0 saturated carbocycles. The first-order valence-corrected chi connectivity index (χ1v) is 10.2. The predicted octanol–water partition coefficient (Wildman–Crippen LogP) is 3.81. The molecule has 0 fully saturated rings. The topological polar surface area (TPSA) is 85.1 Å². The molecule has 9 heteroatoms. The lowest BCUT2D eigenvalue weighted by molar-refractivity contribution is -0.116. The van der Waals surface area contributed by atoms with Crippen molar-refractivity contribution in [3.05, 3.63) is 45.7 Å². The molecule has 0 saturated heterocycles. The van der Waals surface area contributed by atoms with Gasteiger partial charge in [-0.1, -0.05) is 0 Å². The van der Waals surface area contributed by atoms with Crippen molar-refractivity contribution < 1.29 is 4.79 Å². The lowest BCUT2D eigenvalue weighted by atomic mass is 10.1. The number of aryl methyl sites for hydroxylation is 3. The largest absolute Gasteiger partial charge is 0.302 e. The van der Waals surface area contributed by atoms with Crippen molar-refractivity contribution in [1.29, 1.82) is 0 Å². The fraction of sp³-hybridized carbons (Fsp3) is 0.278. The average molecular weight is 399 g/mol. The number of hydrogen-bond donors (Lipinski definition) is 1. The Bertz CT molecular complexity index is 1130. The summed E-state index contributed by atoms with van der Waals surface area (Å²) >= 11 is 3.14. The molecule has 0 bridgehead atoms. The molecule has 0 aliphatic rings. The molecule has 1 N–H and O–H groups in total. The maximum atomic E-state index is 12.4. The fourth-order valence-corrected chi connectivity index (χ4v) is 4.58. The highest BCUT2D eigenvalue weighted by Gasteiger charge is 2.14. The third-order valence-corrected chi connectivity index (χ3v) is 6.11. The van der Waals surface area contributed by atoms with Crippen LogP contribution in [0.5, 0.6) is 0 Å². The Morgan fingerprint density at radius 2 is 2.07 bits per heavy atom. The standard InChI is InChI=1S/C18H18N6OS2/c1-10-4-6-15(27-10)14-8-26-18(22-14)23-16(25)7-5-13-11(2)21-17-19-9-20-24(17)12(13)3/h4,6,8-9H,5,7H2,1-3H3,(H,22,23,25). The summed E-state index contributed by atoms with van der Waals surface area (Å²) in [6.45, 7) is 5.98. The Kier molecular flexibility index (Phi) is 4.71. The summed E-state index contributed by atoms with van der Waals surface area (Å²) in [6.07, 6.45) is 2.44.